The van der Waals surface area contributed by atoms with Gasteiger partial charge >= 0.3 is 39.5 Å². The Hall–Kier alpha value is -1.94. The number of aliphatic hydroxyl groups is 1. The van der Waals surface area contributed by atoms with Crippen LogP contribution >= 0.6 is 15.6 Å². The molecule has 0 radical (unpaired) electrons. The largest absolute Gasteiger partial charge is 0.472 e. The average Bonchev–Trinajstić information content (AvgIpc) is 1.76. The Morgan fingerprint density at radius 2 is 0.495 bits per heavy atom. The highest BCUT2D eigenvalue weighted by Crippen LogP contribution is 2.45. The van der Waals surface area contributed by atoms with Gasteiger partial charge in [-0.1, -0.05) is 330 Å². The van der Waals surface area contributed by atoms with E-state index in [9.17, 15) is 43.2 Å². The first-order valence-corrected chi connectivity index (χ1v) is 41.5. The Labute approximate surface area is 568 Å². The van der Waals surface area contributed by atoms with E-state index in [0.29, 0.717) is 25.7 Å². The zero-order valence-corrected chi connectivity index (χ0v) is 62.3. The molecule has 552 valence electrons. The molecule has 0 aromatic rings. The van der Waals surface area contributed by atoms with Crippen molar-refractivity contribution in [1.82, 2.24) is 0 Å². The van der Waals surface area contributed by atoms with E-state index in [2.05, 4.69) is 41.5 Å². The predicted octanol–water partition coefficient (Wildman–Crippen LogP) is 21.6. The zero-order valence-electron chi connectivity index (χ0n) is 60.6. The molecule has 0 bridgehead atoms. The Morgan fingerprint density at radius 1 is 0.290 bits per heavy atom. The molecule has 0 aliphatic carbocycles. The maximum Gasteiger partial charge on any atom is 0.472 e. The number of unbranched alkanes of at least 4 members (excludes halogenated alkanes) is 43. The highest BCUT2D eigenvalue weighted by atomic mass is 31.2. The van der Waals surface area contributed by atoms with Crippen molar-refractivity contribution >= 4 is 39.5 Å². The molecule has 0 amide bonds. The highest BCUT2D eigenvalue weighted by molar-refractivity contribution is 7.47. The summed E-state index contributed by atoms with van der Waals surface area (Å²) in [5.74, 6) is -0.551. The number of phosphoric ester groups is 2. The summed E-state index contributed by atoms with van der Waals surface area (Å²) >= 11 is 0. The summed E-state index contributed by atoms with van der Waals surface area (Å²) in [5.41, 5.74) is 0. The third-order valence-corrected chi connectivity index (χ3v) is 19.1. The second-order valence-corrected chi connectivity index (χ2v) is 30.5. The zero-order chi connectivity index (χ0) is 68.6. The van der Waals surface area contributed by atoms with E-state index in [0.717, 1.165) is 102 Å². The fourth-order valence-corrected chi connectivity index (χ4v) is 12.9. The quantitative estimate of drug-likeness (QED) is 0.0222. The first kappa shape index (κ1) is 91.1. The van der Waals surface area contributed by atoms with Crippen LogP contribution in [0.25, 0.3) is 0 Å². The van der Waals surface area contributed by atoms with Crippen LogP contribution in [-0.2, 0) is 65.4 Å². The van der Waals surface area contributed by atoms with Crippen LogP contribution in [0.3, 0.4) is 0 Å². The lowest BCUT2D eigenvalue weighted by molar-refractivity contribution is -0.161. The third-order valence-electron chi connectivity index (χ3n) is 17.2. The number of hydrogen-bond donors (Lipinski definition) is 3. The molecule has 0 aliphatic heterocycles. The van der Waals surface area contributed by atoms with Gasteiger partial charge < -0.3 is 33.8 Å². The number of esters is 4. The van der Waals surface area contributed by atoms with Crippen LogP contribution < -0.4 is 0 Å². The number of carbonyl (C=O) groups is 4. The van der Waals surface area contributed by atoms with Gasteiger partial charge in [-0.3, -0.25) is 37.3 Å². The van der Waals surface area contributed by atoms with Crippen molar-refractivity contribution < 1.29 is 80.2 Å². The van der Waals surface area contributed by atoms with Gasteiger partial charge in [0.1, 0.15) is 19.3 Å². The van der Waals surface area contributed by atoms with Crippen LogP contribution in [0.5, 0.6) is 0 Å². The van der Waals surface area contributed by atoms with E-state index in [1.807, 2.05) is 0 Å². The van der Waals surface area contributed by atoms with Crippen LogP contribution in [0.4, 0.5) is 0 Å². The van der Waals surface area contributed by atoms with Gasteiger partial charge in [0.05, 0.1) is 26.4 Å². The van der Waals surface area contributed by atoms with Crippen molar-refractivity contribution in [3.05, 3.63) is 0 Å². The molecule has 93 heavy (non-hydrogen) atoms. The number of hydrogen-bond acceptors (Lipinski definition) is 15. The van der Waals surface area contributed by atoms with E-state index in [1.165, 1.54) is 199 Å². The van der Waals surface area contributed by atoms with Gasteiger partial charge in [-0.25, -0.2) is 9.13 Å². The van der Waals surface area contributed by atoms with Gasteiger partial charge in [-0.2, -0.15) is 0 Å². The number of carbonyl (C=O) groups excluding carboxylic acids is 4. The SMILES string of the molecule is CCCCCCCCCCCCCCCC(=O)O[C@H](COC(=O)CCCCCCCCCCC)COP(=O)(O)OC[C@H](O)COP(=O)(O)OC[C@@H](COC(=O)CCCCCCCCCCCCCC(C)C)OC(=O)CCCCCCCCCCCCCCCCC(C)C. The van der Waals surface area contributed by atoms with Crippen molar-refractivity contribution in [2.24, 2.45) is 11.8 Å². The van der Waals surface area contributed by atoms with Gasteiger partial charge in [-0.15, -0.1) is 0 Å². The summed E-state index contributed by atoms with van der Waals surface area (Å²) in [5, 5.41) is 10.6. The topological polar surface area (TPSA) is 237 Å². The van der Waals surface area contributed by atoms with E-state index in [4.69, 9.17) is 37.0 Å². The molecule has 0 saturated heterocycles. The summed E-state index contributed by atoms with van der Waals surface area (Å²) in [4.78, 5) is 72.7. The maximum absolute atomic E-state index is 13.1. The highest BCUT2D eigenvalue weighted by Gasteiger charge is 2.30. The number of phosphoric acid groups is 2. The molecule has 0 heterocycles. The van der Waals surface area contributed by atoms with E-state index >= 15 is 0 Å². The molecule has 19 heteroatoms. The molecule has 0 spiro atoms. The molecule has 0 aromatic heterocycles. The fraction of sp³-hybridized carbons (Fsp3) is 0.946. The molecule has 0 aliphatic rings. The van der Waals surface area contributed by atoms with E-state index < -0.39 is 97.5 Å². The van der Waals surface area contributed by atoms with Crippen molar-refractivity contribution in [2.75, 3.05) is 39.6 Å². The van der Waals surface area contributed by atoms with Gasteiger partial charge in [0, 0.05) is 25.7 Å². The monoisotopic (exact) mass is 1370 g/mol. The average molecular weight is 1370 g/mol. The van der Waals surface area contributed by atoms with Crippen LogP contribution in [0.2, 0.25) is 0 Å². The van der Waals surface area contributed by atoms with Crippen LogP contribution in [0.15, 0.2) is 0 Å². The summed E-state index contributed by atoms with van der Waals surface area (Å²) in [7, 11) is -9.91. The summed E-state index contributed by atoms with van der Waals surface area (Å²) in [6, 6.07) is 0. The molecule has 5 atom stereocenters. The van der Waals surface area contributed by atoms with Gasteiger partial charge in [0.25, 0.3) is 0 Å². The maximum atomic E-state index is 13.1. The van der Waals surface area contributed by atoms with Gasteiger partial charge in [0.2, 0.25) is 0 Å². The molecule has 0 fully saturated rings. The minimum absolute atomic E-state index is 0.107. The molecule has 2 unspecified atom stereocenters. The first-order valence-electron chi connectivity index (χ1n) is 38.5. The van der Waals surface area contributed by atoms with Crippen molar-refractivity contribution in [2.45, 2.75) is 400 Å². The van der Waals surface area contributed by atoms with Crippen molar-refractivity contribution in [3.63, 3.8) is 0 Å². The summed E-state index contributed by atoms with van der Waals surface area (Å²) < 4.78 is 68.4. The molecule has 17 nitrogen and oxygen atoms in total. The van der Waals surface area contributed by atoms with E-state index in [-0.39, 0.29) is 25.7 Å². The van der Waals surface area contributed by atoms with Gasteiger partial charge in [-0.05, 0) is 37.5 Å². The first-order chi connectivity index (χ1) is 44.9. The lowest BCUT2D eigenvalue weighted by Gasteiger charge is -2.21. The lowest BCUT2D eigenvalue weighted by Crippen LogP contribution is -2.30. The molecule has 3 N–H and O–H groups in total. The smallest absolute Gasteiger partial charge is 0.462 e. The van der Waals surface area contributed by atoms with Crippen molar-refractivity contribution in [1.29, 1.82) is 0 Å². The minimum Gasteiger partial charge on any atom is -0.462 e. The molecular formula is C74H144O17P2. The minimum atomic E-state index is -4.96. The van der Waals surface area contributed by atoms with E-state index in [1.54, 1.807) is 0 Å². The summed E-state index contributed by atoms with van der Waals surface area (Å²) in [6.07, 6.45) is 52.6. The molecule has 0 aromatic carbocycles. The van der Waals surface area contributed by atoms with Crippen LogP contribution in [-0.4, -0.2) is 96.7 Å². The van der Waals surface area contributed by atoms with Crippen molar-refractivity contribution in [3.8, 4) is 0 Å². The molecular weight excluding hydrogens is 1220 g/mol. The normalized spacial score (nSPS) is 14.1. The fourth-order valence-electron chi connectivity index (χ4n) is 11.3. The van der Waals surface area contributed by atoms with Gasteiger partial charge in [0.15, 0.2) is 12.2 Å². The summed E-state index contributed by atoms with van der Waals surface area (Å²) in [6.45, 7) is 9.60. The predicted molar refractivity (Wildman–Crippen MR) is 377 cm³/mol. The number of ether oxygens (including phenoxy) is 4. The standard InChI is InChI=1S/C74H144O17P2/c1-7-9-11-13-15-17-18-21-27-34-40-46-52-58-73(78)90-69(62-84-71(76)56-50-44-38-30-16-14-12-10-8-2)64-88-92(80,81)86-60-68(75)61-87-93(82,83)89-65-70(63-85-72(77)57-51-45-39-33-29-24-26-32-37-43-49-55-67(5)6)91-74(79)59-53-47-41-35-28-23-20-19-22-25-31-36-42-48-54-66(3)4/h66-70,75H,7-65H2,1-6H3,(H,80,81)(H,82,83)/t68-,69+,70+/m0/s1. The second-order valence-electron chi connectivity index (χ2n) is 27.6. The number of aliphatic hydroxyl groups excluding tert-OH is 1. The molecule has 0 rings (SSSR count). The Balaban J connectivity index is 5.24. The van der Waals surface area contributed by atoms with Crippen LogP contribution in [0.1, 0.15) is 382 Å². The Kier molecular flexibility index (Phi) is 64.6. The molecule has 0 saturated carbocycles. The Morgan fingerprint density at radius 3 is 0.731 bits per heavy atom. The lowest BCUT2D eigenvalue weighted by atomic mass is 10.0. The number of rotatable bonds is 73. The third kappa shape index (κ3) is 68.4. The Bertz CT molecular complexity index is 1800. The van der Waals surface area contributed by atoms with Crippen LogP contribution in [0, 0.1) is 11.8 Å². The second kappa shape index (κ2) is 66.0.